The van der Waals surface area contributed by atoms with Crippen molar-refractivity contribution in [1.29, 1.82) is 0 Å². The third-order valence-electron chi connectivity index (χ3n) is 2.63. The van der Waals surface area contributed by atoms with Crippen LogP contribution in [-0.2, 0) is 14.3 Å². The van der Waals surface area contributed by atoms with E-state index in [0.29, 0.717) is 19.7 Å². The Morgan fingerprint density at radius 3 is 2.76 bits per heavy atom. The molecule has 2 N–H and O–H groups in total. The first-order valence-electron chi connectivity index (χ1n) is 6.06. The van der Waals surface area contributed by atoms with Crippen molar-refractivity contribution in [2.75, 3.05) is 39.4 Å². The molecule has 6 heteroatoms. The minimum Gasteiger partial charge on any atom is -0.377 e. The number of hydrogen-bond donors (Lipinski definition) is 2. The van der Waals surface area contributed by atoms with Crippen LogP contribution >= 0.6 is 0 Å². The molecule has 1 rings (SSSR count). The molecule has 1 heterocycles. The summed E-state index contributed by atoms with van der Waals surface area (Å²) < 4.78 is 5.26. The Kier molecular flexibility index (Phi) is 5.93. The lowest BCUT2D eigenvalue weighted by Crippen LogP contribution is -2.57. The fraction of sp³-hybridized carbons (Fsp3) is 0.818. The molecule has 17 heavy (non-hydrogen) atoms. The molecule has 6 nitrogen and oxygen atoms in total. The number of carbonyl (C=O) groups is 2. The summed E-state index contributed by atoms with van der Waals surface area (Å²) in [7, 11) is 0. The minimum absolute atomic E-state index is 0.0496. The van der Waals surface area contributed by atoms with Crippen molar-refractivity contribution in [1.82, 2.24) is 15.5 Å². The first-order valence-corrected chi connectivity index (χ1v) is 6.06. The predicted octanol–water partition coefficient (Wildman–Crippen LogP) is -1.04. The molecule has 2 amide bonds. The van der Waals surface area contributed by atoms with Crippen LogP contribution in [0.15, 0.2) is 0 Å². The third kappa shape index (κ3) is 3.98. The second kappa shape index (κ2) is 7.24. The van der Waals surface area contributed by atoms with Gasteiger partial charge >= 0.3 is 0 Å². The van der Waals surface area contributed by atoms with E-state index in [1.165, 1.54) is 0 Å². The Labute approximate surface area is 102 Å². The molecule has 1 aliphatic rings. The van der Waals surface area contributed by atoms with Gasteiger partial charge in [0.25, 0.3) is 0 Å². The summed E-state index contributed by atoms with van der Waals surface area (Å²) in [5, 5.41) is 5.70. The maximum absolute atomic E-state index is 11.9. The van der Waals surface area contributed by atoms with E-state index in [1.807, 2.05) is 13.8 Å². The number of ether oxygens (including phenoxy) is 1. The second-order valence-electron chi connectivity index (χ2n) is 3.85. The van der Waals surface area contributed by atoms with Crippen LogP contribution in [0, 0.1) is 0 Å². The first kappa shape index (κ1) is 13.9. The van der Waals surface area contributed by atoms with E-state index in [9.17, 15) is 9.59 Å². The predicted molar refractivity (Wildman–Crippen MR) is 63.5 cm³/mol. The molecule has 0 aromatic heterocycles. The number of nitrogens with zero attached hydrogens (tertiary/aromatic N) is 1. The summed E-state index contributed by atoms with van der Waals surface area (Å²) in [4.78, 5) is 25.3. The summed E-state index contributed by atoms with van der Waals surface area (Å²) in [6, 6.07) is -0.491. The molecule has 0 aromatic rings. The number of carbonyl (C=O) groups excluding carboxylic acids is 2. The fourth-order valence-electron chi connectivity index (χ4n) is 1.74. The molecular weight excluding hydrogens is 222 g/mol. The SMILES string of the molecule is CCNCC(=O)N1CCOCC1C(=O)NCC. The van der Waals surface area contributed by atoms with Crippen molar-refractivity contribution >= 4 is 11.8 Å². The van der Waals surface area contributed by atoms with Crippen molar-refractivity contribution in [3.63, 3.8) is 0 Å². The summed E-state index contributed by atoms with van der Waals surface area (Å²) in [6.45, 7) is 6.61. The standard InChI is InChI=1S/C11H21N3O3/c1-3-12-7-10(15)14-5-6-17-8-9(14)11(16)13-4-2/h9,12H,3-8H2,1-2H3,(H,13,16). The number of rotatable bonds is 5. The summed E-state index contributed by atoms with van der Waals surface area (Å²) >= 11 is 0. The molecule has 1 saturated heterocycles. The van der Waals surface area contributed by atoms with Gasteiger partial charge in [0.15, 0.2) is 0 Å². The van der Waals surface area contributed by atoms with Crippen LogP contribution in [-0.4, -0.2) is 62.1 Å². The summed E-state index contributed by atoms with van der Waals surface area (Å²) in [5.74, 6) is -0.191. The van der Waals surface area contributed by atoms with E-state index in [2.05, 4.69) is 10.6 Å². The molecule has 1 unspecified atom stereocenters. The molecule has 1 aliphatic heterocycles. The van der Waals surface area contributed by atoms with Gasteiger partial charge in [0.05, 0.1) is 19.8 Å². The first-order chi connectivity index (χ1) is 8.20. The molecule has 0 saturated carbocycles. The van der Waals surface area contributed by atoms with Gasteiger partial charge in [-0.2, -0.15) is 0 Å². The lowest BCUT2D eigenvalue weighted by atomic mass is 10.2. The molecule has 0 radical (unpaired) electrons. The fourth-order valence-corrected chi connectivity index (χ4v) is 1.74. The molecule has 1 atom stereocenters. The van der Waals surface area contributed by atoms with Gasteiger partial charge in [-0.25, -0.2) is 0 Å². The molecule has 98 valence electrons. The van der Waals surface area contributed by atoms with Crippen molar-refractivity contribution < 1.29 is 14.3 Å². The lowest BCUT2D eigenvalue weighted by molar-refractivity contribution is -0.147. The van der Waals surface area contributed by atoms with Crippen LogP contribution in [0.25, 0.3) is 0 Å². The molecule has 1 fully saturated rings. The van der Waals surface area contributed by atoms with Gasteiger partial charge in [0.2, 0.25) is 11.8 Å². The van der Waals surface area contributed by atoms with Gasteiger partial charge < -0.3 is 20.3 Å². The number of amides is 2. The zero-order valence-electron chi connectivity index (χ0n) is 10.5. The highest BCUT2D eigenvalue weighted by Gasteiger charge is 2.31. The van der Waals surface area contributed by atoms with Gasteiger partial charge in [-0.05, 0) is 13.5 Å². The molecular formula is C11H21N3O3. The van der Waals surface area contributed by atoms with E-state index >= 15 is 0 Å². The quantitative estimate of drug-likeness (QED) is 0.647. The van der Waals surface area contributed by atoms with Gasteiger partial charge in [-0.15, -0.1) is 0 Å². The van der Waals surface area contributed by atoms with Gasteiger partial charge in [0.1, 0.15) is 6.04 Å². The minimum atomic E-state index is -0.491. The van der Waals surface area contributed by atoms with Gasteiger partial charge in [-0.3, -0.25) is 9.59 Å². The zero-order valence-corrected chi connectivity index (χ0v) is 10.5. The van der Waals surface area contributed by atoms with E-state index in [1.54, 1.807) is 4.90 Å². The zero-order chi connectivity index (χ0) is 12.7. The Balaban J connectivity index is 2.58. The van der Waals surface area contributed by atoms with E-state index in [4.69, 9.17) is 4.74 Å². The largest absolute Gasteiger partial charge is 0.377 e. The molecule has 0 aliphatic carbocycles. The van der Waals surface area contributed by atoms with Gasteiger partial charge in [0, 0.05) is 13.1 Å². The summed E-state index contributed by atoms with van der Waals surface area (Å²) in [5.41, 5.74) is 0. The number of hydrogen-bond acceptors (Lipinski definition) is 4. The van der Waals surface area contributed by atoms with Crippen molar-refractivity contribution in [2.24, 2.45) is 0 Å². The Morgan fingerprint density at radius 2 is 2.12 bits per heavy atom. The Bertz CT molecular complexity index is 271. The van der Waals surface area contributed by atoms with Crippen molar-refractivity contribution in [2.45, 2.75) is 19.9 Å². The van der Waals surface area contributed by atoms with Crippen LogP contribution in [0.3, 0.4) is 0 Å². The number of morpholine rings is 1. The van der Waals surface area contributed by atoms with Crippen LogP contribution < -0.4 is 10.6 Å². The van der Waals surface area contributed by atoms with E-state index in [0.717, 1.165) is 6.54 Å². The van der Waals surface area contributed by atoms with Crippen molar-refractivity contribution in [3.8, 4) is 0 Å². The van der Waals surface area contributed by atoms with Crippen LogP contribution in [0.1, 0.15) is 13.8 Å². The highest BCUT2D eigenvalue weighted by atomic mass is 16.5. The monoisotopic (exact) mass is 243 g/mol. The Morgan fingerprint density at radius 1 is 1.35 bits per heavy atom. The average Bonchev–Trinajstić information content (AvgIpc) is 2.36. The van der Waals surface area contributed by atoms with Crippen LogP contribution in [0.5, 0.6) is 0 Å². The molecule has 0 spiro atoms. The van der Waals surface area contributed by atoms with E-state index in [-0.39, 0.29) is 25.0 Å². The molecule has 0 bridgehead atoms. The normalized spacial score (nSPS) is 20.1. The van der Waals surface area contributed by atoms with E-state index < -0.39 is 6.04 Å². The van der Waals surface area contributed by atoms with Crippen LogP contribution in [0.2, 0.25) is 0 Å². The van der Waals surface area contributed by atoms with Crippen LogP contribution in [0.4, 0.5) is 0 Å². The number of nitrogens with one attached hydrogen (secondary N) is 2. The number of likely N-dealkylation sites (N-methyl/N-ethyl adjacent to an activating group) is 2. The highest BCUT2D eigenvalue weighted by Crippen LogP contribution is 2.07. The van der Waals surface area contributed by atoms with Gasteiger partial charge in [-0.1, -0.05) is 6.92 Å². The topological polar surface area (TPSA) is 70.7 Å². The highest BCUT2D eigenvalue weighted by molar-refractivity contribution is 5.88. The third-order valence-corrected chi connectivity index (χ3v) is 2.63. The maximum atomic E-state index is 11.9. The summed E-state index contributed by atoms with van der Waals surface area (Å²) in [6.07, 6.45) is 0. The Hall–Kier alpha value is -1.14. The smallest absolute Gasteiger partial charge is 0.245 e. The average molecular weight is 243 g/mol. The maximum Gasteiger partial charge on any atom is 0.245 e. The second-order valence-corrected chi connectivity index (χ2v) is 3.85. The molecule has 0 aromatic carbocycles. The van der Waals surface area contributed by atoms with Crippen molar-refractivity contribution in [3.05, 3.63) is 0 Å². The lowest BCUT2D eigenvalue weighted by Gasteiger charge is -2.34.